The number of carbonyl (C=O) groups is 5. The number of ketones is 5. The molecule has 4 aromatic rings. The lowest BCUT2D eigenvalue weighted by Gasteiger charge is -2.40. The molecular formula is C72H105ClF3N5O23S. The van der Waals surface area contributed by atoms with E-state index in [2.05, 4.69) is 44.6 Å². The zero-order valence-corrected chi connectivity index (χ0v) is 64.4. The molecule has 0 amide bonds. The van der Waals surface area contributed by atoms with Gasteiger partial charge in [0, 0.05) is 163 Å². The molecule has 105 heavy (non-hydrogen) atoms. The first-order chi connectivity index (χ1) is 48.2. The highest BCUT2D eigenvalue weighted by Crippen LogP contribution is 2.48. The van der Waals surface area contributed by atoms with E-state index >= 15 is 0 Å². The van der Waals surface area contributed by atoms with E-state index in [0.29, 0.717) is 146 Å². The van der Waals surface area contributed by atoms with Crippen molar-refractivity contribution >= 4 is 57.5 Å². The number of aromatic nitrogens is 4. The minimum atomic E-state index is -5.65. The van der Waals surface area contributed by atoms with Gasteiger partial charge < -0.3 is 75.6 Å². The number of hydrogen-bond acceptors (Lipinski definition) is 28. The third kappa shape index (κ3) is 22.7. The largest absolute Gasteiger partial charge is 0.534 e. The molecule has 590 valence electrons. The molecule has 7 fully saturated rings. The molecule has 0 radical (unpaired) electrons. The predicted octanol–water partition coefficient (Wildman–Crippen LogP) is 11.6. The van der Waals surface area contributed by atoms with Crippen LogP contribution in [-0.4, -0.2) is 160 Å². The van der Waals surface area contributed by atoms with Crippen molar-refractivity contribution in [3.8, 4) is 0 Å². The Hall–Kier alpha value is -6.14. The summed E-state index contributed by atoms with van der Waals surface area (Å²) in [7, 11) is -5.65. The number of nitrogens with two attached hydrogens (primary N) is 1. The van der Waals surface area contributed by atoms with Gasteiger partial charge in [-0.3, -0.25) is 24.0 Å². The second-order valence-electron chi connectivity index (χ2n) is 32.4. The lowest BCUT2D eigenvalue weighted by molar-refractivity contribution is -0.198. The molecule has 28 nitrogen and oxygen atoms in total. The Morgan fingerprint density at radius 3 is 1.28 bits per heavy atom. The Morgan fingerprint density at radius 1 is 0.476 bits per heavy atom. The van der Waals surface area contributed by atoms with E-state index in [9.17, 15) is 45.6 Å². The van der Waals surface area contributed by atoms with E-state index < -0.39 is 49.4 Å². The van der Waals surface area contributed by atoms with Gasteiger partial charge in [0.15, 0.2) is 28.9 Å². The molecule has 4 aromatic heterocycles. The summed E-state index contributed by atoms with van der Waals surface area (Å²) >= 11 is 0. The summed E-state index contributed by atoms with van der Waals surface area (Å²) in [5.41, 5.74) is -4.02. The van der Waals surface area contributed by atoms with Crippen LogP contribution in [0.15, 0.2) is 60.5 Å². The Labute approximate surface area is 616 Å². The Morgan fingerprint density at radius 2 is 0.838 bits per heavy atom. The third-order valence-electron chi connectivity index (χ3n) is 18.9. The number of allylic oxidation sites excluding steroid dienone is 1. The lowest BCUT2D eigenvalue weighted by atomic mass is 9.71. The third-order valence-corrected chi connectivity index (χ3v) is 19.9. The van der Waals surface area contributed by atoms with Crippen molar-refractivity contribution in [2.24, 2.45) is 16.7 Å². The van der Waals surface area contributed by atoms with Crippen LogP contribution in [0.3, 0.4) is 0 Å². The maximum Gasteiger partial charge on any atom is 0.534 e. The first kappa shape index (κ1) is 87.8. The molecule has 5 N–H and O–H groups in total. The molecule has 0 aromatic carbocycles. The number of ether oxygens (including phenoxy) is 8. The van der Waals surface area contributed by atoms with Crippen LogP contribution in [0.4, 0.5) is 13.2 Å². The first-order valence-electron chi connectivity index (χ1n) is 34.7. The zero-order valence-electron chi connectivity index (χ0n) is 62.8. The Kier molecular flexibility index (Phi) is 28.6. The number of hydrogen-bond donors (Lipinski definition) is 4. The van der Waals surface area contributed by atoms with Crippen LogP contribution in [-0.2, 0) is 117 Å². The van der Waals surface area contributed by atoms with Crippen LogP contribution >= 0.6 is 12.4 Å². The second-order valence-corrected chi connectivity index (χ2v) is 34.0. The van der Waals surface area contributed by atoms with Gasteiger partial charge in [-0.2, -0.15) is 21.6 Å². The van der Waals surface area contributed by atoms with E-state index in [1.807, 2.05) is 55.4 Å². The molecular weight excluding hydrogens is 1430 g/mol. The average Bonchev–Trinajstić information content (AvgIpc) is 1.69. The summed E-state index contributed by atoms with van der Waals surface area (Å²) in [5.74, 6) is 5.70. The highest BCUT2D eigenvalue weighted by atomic mass is 35.5. The van der Waals surface area contributed by atoms with Gasteiger partial charge in [-0.25, -0.2) is 5.90 Å². The summed E-state index contributed by atoms with van der Waals surface area (Å²) in [6.45, 7) is 33.8. The molecule has 15 rings (SSSR count). The maximum atomic E-state index is 12.2. The van der Waals surface area contributed by atoms with Gasteiger partial charge in [-0.15, -0.1) is 12.4 Å². The van der Waals surface area contributed by atoms with Crippen molar-refractivity contribution in [1.82, 2.24) is 20.6 Å². The van der Waals surface area contributed by atoms with Crippen molar-refractivity contribution in [3.05, 3.63) is 87.7 Å². The summed E-state index contributed by atoms with van der Waals surface area (Å²) in [6.07, 6.45) is 17.8. The lowest BCUT2D eigenvalue weighted by Crippen LogP contribution is -2.46. The molecule has 8 heterocycles. The van der Waals surface area contributed by atoms with E-state index in [4.69, 9.17) is 71.4 Å². The molecule has 0 unspecified atom stereocenters. The number of alkyl halides is 3. The SMILES string of the molecule is CC(C)(C)O.CC1(C)CC(=O)Cc2cnoc21.CC1(C)CC(=O)Cc2cnoc21.CC1(C)CC(OS(=O)(=O)C(F)(F)F)=Cc2cnoc21.CC1(C)CC2(C/C(=C/O)C1=O)OCCO2.CC1(C)CC2(CCC1=O)OCCO2.CC1(C)CC2(Cc3cnoc31)OCCO2.Cl.NO.O=C1CCC2(CC1)OCCO2. The number of rotatable bonds is 2. The zero-order chi connectivity index (χ0) is 77.4. The molecule has 3 saturated carbocycles. The van der Waals surface area contributed by atoms with Crippen molar-refractivity contribution in [1.29, 1.82) is 0 Å². The molecule has 7 aliphatic carbocycles. The molecule has 4 spiro atoms. The quantitative estimate of drug-likeness (QED) is 0.0476. The minimum absolute atomic E-state index is 0. The van der Waals surface area contributed by atoms with Crippen LogP contribution in [0.1, 0.15) is 233 Å². The average molecular weight is 1530 g/mol. The van der Waals surface area contributed by atoms with Crippen LogP contribution in [0, 0.1) is 10.8 Å². The number of carbonyl (C=O) groups excluding carboxylic acids is 5. The number of nitrogens with zero attached hydrogens (tertiary/aromatic N) is 4. The van der Waals surface area contributed by atoms with Crippen LogP contribution < -0.4 is 5.90 Å². The van der Waals surface area contributed by atoms with Gasteiger partial charge in [-0.1, -0.05) is 104 Å². The van der Waals surface area contributed by atoms with Gasteiger partial charge >= 0.3 is 15.6 Å². The van der Waals surface area contributed by atoms with E-state index in [1.54, 1.807) is 53.2 Å². The number of fused-ring (bicyclic) bond motifs is 4. The van der Waals surface area contributed by atoms with Crippen LogP contribution in [0.5, 0.6) is 0 Å². The van der Waals surface area contributed by atoms with Gasteiger partial charge in [0.2, 0.25) is 0 Å². The van der Waals surface area contributed by atoms with Crippen LogP contribution in [0.2, 0.25) is 0 Å². The molecule has 33 heteroatoms. The van der Waals surface area contributed by atoms with E-state index in [-0.39, 0.29) is 69.4 Å². The number of halogens is 4. The van der Waals surface area contributed by atoms with Gasteiger partial charge in [0.25, 0.3) is 0 Å². The fraction of sp³-hybridized carbons (Fsp3) is 0.708. The second kappa shape index (κ2) is 34.2. The topological polar surface area (TPSA) is 393 Å². The molecule has 11 aliphatic rings. The van der Waals surface area contributed by atoms with Crippen molar-refractivity contribution < 1.29 is 121 Å². The summed E-state index contributed by atoms with van der Waals surface area (Å²) < 4.78 is 128. The molecule has 0 bridgehead atoms. The first-order valence-corrected chi connectivity index (χ1v) is 36.1. The van der Waals surface area contributed by atoms with Crippen molar-refractivity contribution in [3.63, 3.8) is 0 Å². The standard InChI is InChI=1S/C11H15NO3.C11H16O4.C10H10F3NO4S.C10H16O3.2C9H11NO2.C8H12O3.C4H10O.ClH.H3NO/c1-10(2)7-11(13-3-4-14-11)5-8-6-12-15-9(8)10;1-10(2)7-11(14-3-4-15-11)5-8(6-12)9(10)13;1-9(2)4-7(3-6-5-14-17-8(6)9)18-19(15,16)10(11,12)13;1-9(2)7-10(4-3-8(9)11)12-5-6-13-10;2*1-9(2)4-7(11)3-6-5-10-12-8(6)9;9-7-1-3-8(4-2-7)10-5-6-11-8;1-4(2,3)5;;1-2/h6H,3-5,7H2,1-2H3;6,12H,3-5,7H2,1-2H3;3,5H,4H2,1-2H3;3-7H2,1-2H3;2*5H,3-4H2,1-2H3;1-6H2;5H,1-3H3;1H;2H,1H2/b;8-6-;;;;;;;;. The monoisotopic (exact) mass is 1530 g/mol. The fourth-order valence-electron chi connectivity index (χ4n) is 14.6. The summed E-state index contributed by atoms with van der Waals surface area (Å²) in [6, 6.07) is 0. The maximum absolute atomic E-state index is 12.2. The Bertz CT molecular complexity index is 3710. The molecule has 4 aliphatic heterocycles. The predicted molar refractivity (Wildman–Crippen MR) is 370 cm³/mol. The number of aliphatic hydroxyl groups excluding tert-OH is 1. The van der Waals surface area contributed by atoms with Gasteiger partial charge in [0.1, 0.15) is 51.9 Å². The molecule has 0 atom stereocenters. The normalized spacial score (nSPS) is 24.0. The van der Waals surface area contributed by atoms with E-state index in [1.165, 1.54) is 12.3 Å². The smallest absolute Gasteiger partial charge is 0.515 e. The number of aliphatic hydroxyl groups is 2. The number of Topliss-reactive ketones (excluding diaryl/α,β-unsaturated/α-hetero) is 5. The van der Waals surface area contributed by atoms with E-state index in [0.717, 1.165) is 72.3 Å². The highest BCUT2D eigenvalue weighted by molar-refractivity contribution is 7.87. The fourth-order valence-corrected chi connectivity index (χ4v) is 15.0. The summed E-state index contributed by atoms with van der Waals surface area (Å²) in [4.78, 5) is 56.9. The van der Waals surface area contributed by atoms with Crippen LogP contribution in [0.25, 0.3) is 6.08 Å². The molecule has 4 saturated heterocycles. The highest BCUT2D eigenvalue weighted by Gasteiger charge is 2.54. The van der Waals surface area contributed by atoms with Crippen molar-refractivity contribution in [2.45, 2.75) is 263 Å². The van der Waals surface area contributed by atoms with Crippen molar-refractivity contribution in [2.75, 3.05) is 52.9 Å². The summed E-state index contributed by atoms with van der Waals surface area (Å²) in [5, 5.41) is 38.9. The van der Waals surface area contributed by atoms with Gasteiger partial charge in [0.05, 0.1) is 89.5 Å². The van der Waals surface area contributed by atoms with Gasteiger partial charge in [-0.05, 0) is 26.8 Å². The Balaban J connectivity index is 0.000000190. The minimum Gasteiger partial charge on any atom is -0.515 e.